The number of rotatable bonds is 6. The summed E-state index contributed by atoms with van der Waals surface area (Å²) in [7, 11) is 0. The van der Waals surface area contributed by atoms with Gasteiger partial charge < -0.3 is 10.4 Å². The number of anilines is 1. The summed E-state index contributed by atoms with van der Waals surface area (Å²) in [5.41, 5.74) is 1.17. The summed E-state index contributed by atoms with van der Waals surface area (Å²) in [6.07, 6.45) is 3.73. The zero-order valence-corrected chi connectivity index (χ0v) is 11.4. The van der Waals surface area contributed by atoms with Gasteiger partial charge in [-0.25, -0.2) is 4.98 Å². The number of aliphatic hydroxyl groups is 1. The van der Waals surface area contributed by atoms with Gasteiger partial charge in [-0.1, -0.05) is 13.3 Å². The summed E-state index contributed by atoms with van der Waals surface area (Å²) >= 11 is 3.42. The van der Waals surface area contributed by atoms with Crippen molar-refractivity contribution in [2.45, 2.75) is 26.7 Å². The number of pyridine rings is 1. The molecular formula is C12H19BrN2O. The van der Waals surface area contributed by atoms with E-state index in [1.165, 1.54) is 5.56 Å². The lowest BCUT2D eigenvalue weighted by atomic mass is 10.0. The molecule has 0 spiro atoms. The van der Waals surface area contributed by atoms with Crippen LogP contribution in [0.3, 0.4) is 0 Å². The fourth-order valence-corrected chi connectivity index (χ4v) is 1.73. The molecule has 0 amide bonds. The van der Waals surface area contributed by atoms with Gasteiger partial charge in [-0.15, -0.1) is 0 Å². The Balaban J connectivity index is 2.50. The van der Waals surface area contributed by atoms with E-state index in [-0.39, 0.29) is 6.61 Å². The highest BCUT2D eigenvalue weighted by Crippen LogP contribution is 2.18. The minimum atomic E-state index is 0.257. The van der Waals surface area contributed by atoms with Crippen molar-refractivity contribution in [3.63, 3.8) is 0 Å². The number of nitrogens with zero attached hydrogens (tertiary/aromatic N) is 1. The van der Waals surface area contributed by atoms with Crippen LogP contribution in [0.25, 0.3) is 0 Å². The van der Waals surface area contributed by atoms with E-state index < -0.39 is 0 Å². The predicted molar refractivity (Wildman–Crippen MR) is 70.6 cm³/mol. The van der Waals surface area contributed by atoms with Crippen LogP contribution in [-0.2, 0) is 0 Å². The summed E-state index contributed by atoms with van der Waals surface area (Å²) in [4.78, 5) is 4.29. The molecule has 1 heterocycles. The molecule has 1 atom stereocenters. The van der Waals surface area contributed by atoms with Crippen LogP contribution in [0.4, 0.5) is 5.82 Å². The van der Waals surface area contributed by atoms with Crippen molar-refractivity contribution in [2.24, 2.45) is 5.92 Å². The Kier molecular flexibility index (Phi) is 5.77. The zero-order chi connectivity index (χ0) is 12.0. The second kappa shape index (κ2) is 6.86. The first-order valence-corrected chi connectivity index (χ1v) is 6.43. The molecule has 1 unspecified atom stereocenters. The Morgan fingerprint density at radius 2 is 2.31 bits per heavy atom. The van der Waals surface area contributed by atoms with Crippen LogP contribution in [0.2, 0.25) is 0 Å². The second-order valence-electron chi connectivity index (χ2n) is 3.99. The molecule has 0 aromatic carbocycles. The van der Waals surface area contributed by atoms with Crippen molar-refractivity contribution in [2.75, 3.05) is 18.5 Å². The molecule has 0 radical (unpaired) electrons. The van der Waals surface area contributed by atoms with Crippen LogP contribution in [0.1, 0.15) is 25.3 Å². The molecule has 0 fully saturated rings. The van der Waals surface area contributed by atoms with Crippen molar-refractivity contribution in [1.82, 2.24) is 4.98 Å². The third kappa shape index (κ3) is 4.10. The van der Waals surface area contributed by atoms with E-state index in [4.69, 9.17) is 5.11 Å². The van der Waals surface area contributed by atoms with E-state index in [2.05, 4.69) is 33.2 Å². The van der Waals surface area contributed by atoms with Gasteiger partial charge in [0.15, 0.2) is 0 Å². The Labute approximate surface area is 105 Å². The monoisotopic (exact) mass is 286 g/mol. The number of hydrogen-bond donors (Lipinski definition) is 2. The summed E-state index contributed by atoms with van der Waals surface area (Å²) in [6.45, 7) is 5.31. The molecule has 2 N–H and O–H groups in total. The summed E-state index contributed by atoms with van der Waals surface area (Å²) in [6, 6.07) is 2.02. The SMILES string of the molecule is CCC(CCO)CNc1cc(C)c(Br)cn1. The first-order chi connectivity index (χ1) is 7.67. The number of halogens is 1. The molecule has 0 saturated heterocycles. The molecule has 0 saturated carbocycles. The van der Waals surface area contributed by atoms with Crippen LogP contribution in [0.5, 0.6) is 0 Å². The van der Waals surface area contributed by atoms with Gasteiger partial charge in [-0.2, -0.15) is 0 Å². The molecule has 3 nitrogen and oxygen atoms in total. The maximum absolute atomic E-state index is 8.90. The average Bonchev–Trinajstić information content (AvgIpc) is 2.28. The van der Waals surface area contributed by atoms with Gasteiger partial charge in [0.1, 0.15) is 5.82 Å². The average molecular weight is 287 g/mol. The van der Waals surface area contributed by atoms with Gasteiger partial charge in [0, 0.05) is 23.8 Å². The number of aryl methyl sites for hydroxylation is 1. The number of aromatic nitrogens is 1. The summed E-state index contributed by atoms with van der Waals surface area (Å²) in [5, 5.41) is 12.2. The van der Waals surface area contributed by atoms with Gasteiger partial charge in [-0.05, 0) is 46.8 Å². The van der Waals surface area contributed by atoms with Crippen LogP contribution >= 0.6 is 15.9 Å². The predicted octanol–water partition coefficient (Wildman–Crippen LogP) is 2.97. The lowest BCUT2D eigenvalue weighted by Gasteiger charge is -2.15. The van der Waals surface area contributed by atoms with Gasteiger partial charge in [-0.3, -0.25) is 0 Å². The normalized spacial score (nSPS) is 12.5. The maximum Gasteiger partial charge on any atom is 0.126 e. The molecule has 1 rings (SSSR count). The summed E-state index contributed by atoms with van der Waals surface area (Å²) < 4.78 is 1.03. The van der Waals surface area contributed by atoms with E-state index in [9.17, 15) is 0 Å². The zero-order valence-electron chi connectivity index (χ0n) is 9.83. The molecule has 4 heteroatoms. The van der Waals surface area contributed by atoms with E-state index in [1.54, 1.807) is 0 Å². The fraction of sp³-hybridized carbons (Fsp3) is 0.583. The Bertz CT molecular complexity index is 331. The smallest absolute Gasteiger partial charge is 0.126 e. The number of hydrogen-bond acceptors (Lipinski definition) is 3. The third-order valence-corrected chi connectivity index (χ3v) is 3.56. The van der Waals surface area contributed by atoms with Crippen LogP contribution < -0.4 is 5.32 Å². The Morgan fingerprint density at radius 1 is 1.56 bits per heavy atom. The second-order valence-corrected chi connectivity index (χ2v) is 4.84. The van der Waals surface area contributed by atoms with E-state index in [1.807, 2.05) is 19.2 Å². The first kappa shape index (κ1) is 13.5. The van der Waals surface area contributed by atoms with Crippen molar-refractivity contribution in [3.8, 4) is 0 Å². The van der Waals surface area contributed by atoms with E-state index in [0.717, 1.165) is 29.7 Å². The van der Waals surface area contributed by atoms with Crippen molar-refractivity contribution in [1.29, 1.82) is 0 Å². The highest BCUT2D eigenvalue weighted by molar-refractivity contribution is 9.10. The van der Waals surface area contributed by atoms with Crippen LogP contribution in [-0.4, -0.2) is 23.2 Å². The van der Waals surface area contributed by atoms with Crippen molar-refractivity contribution in [3.05, 3.63) is 22.3 Å². The molecule has 1 aromatic heterocycles. The molecule has 1 aromatic rings. The standard InChI is InChI=1S/C12H19BrN2O/c1-3-10(4-5-16)7-14-12-6-9(2)11(13)8-15-12/h6,8,10,16H,3-5,7H2,1-2H3,(H,14,15). The maximum atomic E-state index is 8.90. The molecular weight excluding hydrogens is 268 g/mol. The Morgan fingerprint density at radius 3 is 2.88 bits per heavy atom. The van der Waals surface area contributed by atoms with Crippen LogP contribution in [0.15, 0.2) is 16.7 Å². The fourth-order valence-electron chi connectivity index (χ4n) is 1.52. The molecule has 0 bridgehead atoms. The number of nitrogens with one attached hydrogen (secondary N) is 1. The minimum Gasteiger partial charge on any atom is -0.396 e. The van der Waals surface area contributed by atoms with E-state index >= 15 is 0 Å². The van der Waals surface area contributed by atoms with Crippen molar-refractivity contribution < 1.29 is 5.11 Å². The lowest BCUT2D eigenvalue weighted by molar-refractivity contribution is 0.258. The quantitative estimate of drug-likeness (QED) is 0.845. The summed E-state index contributed by atoms with van der Waals surface area (Å²) in [5.74, 6) is 1.41. The molecule has 90 valence electrons. The molecule has 0 aliphatic carbocycles. The van der Waals surface area contributed by atoms with Gasteiger partial charge in [0.25, 0.3) is 0 Å². The topological polar surface area (TPSA) is 45.1 Å². The van der Waals surface area contributed by atoms with Gasteiger partial charge in [0.05, 0.1) is 0 Å². The highest BCUT2D eigenvalue weighted by Gasteiger charge is 2.06. The number of aliphatic hydroxyl groups excluding tert-OH is 1. The Hall–Kier alpha value is -0.610. The van der Waals surface area contributed by atoms with E-state index in [0.29, 0.717) is 5.92 Å². The van der Waals surface area contributed by atoms with Gasteiger partial charge in [0.2, 0.25) is 0 Å². The molecule has 16 heavy (non-hydrogen) atoms. The largest absolute Gasteiger partial charge is 0.396 e. The molecule has 0 aliphatic heterocycles. The first-order valence-electron chi connectivity index (χ1n) is 5.64. The van der Waals surface area contributed by atoms with Crippen LogP contribution in [0, 0.1) is 12.8 Å². The minimum absolute atomic E-state index is 0.257. The third-order valence-electron chi connectivity index (χ3n) is 2.73. The van der Waals surface area contributed by atoms with Crippen molar-refractivity contribution >= 4 is 21.7 Å². The molecule has 0 aliphatic rings. The highest BCUT2D eigenvalue weighted by atomic mass is 79.9. The van der Waals surface area contributed by atoms with Gasteiger partial charge >= 0.3 is 0 Å². The lowest BCUT2D eigenvalue weighted by Crippen LogP contribution is -2.15.